The lowest BCUT2D eigenvalue weighted by Crippen LogP contribution is -2.51. The van der Waals surface area contributed by atoms with E-state index in [0.29, 0.717) is 38.3 Å². The van der Waals surface area contributed by atoms with E-state index in [1.54, 1.807) is 9.80 Å². The third kappa shape index (κ3) is 15.1. The number of hydrogen-bond donors (Lipinski definition) is 8. The number of aromatic nitrogens is 4. The number of aromatic amines is 1. The Bertz CT molecular complexity index is 2090. The molecule has 1 aromatic carbocycles. The average Bonchev–Trinajstić information content (AvgIpc) is 3.55. The number of nitrogens with one attached hydrogen (secondary N) is 4. The van der Waals surface area contributed by atoms with Crippen molar-refractivity contribution in [3.05, 3.63) is 45.9 Å². The topological polar surface area (TPSA) is 337 Å². The highest BCUT2D eigenvalue weighted by atomic mass is 32.2. The summed E-state index contributed by atoms with van der Waals surface area (Å²) in [5.74, 6) is -4.26. The molecule has 1 aliphatic rings. The van der Waals surface area contributed by atoms with E-state index < -0.39 is 48.1 Å². The van der Waals surface area contributed by atoms with Crippen molar-refractivity contribution < 1.29 is 53.2 Å². The second-order valence-corrected chi connectivity index (χ2v) is 15.0. The lowest BCUT2D eigenvalue weighted by molar-refractivity contribution is -0.140. The SMILES string of the molecule is COCCOc1nc(N)c2[nH]c(=O)n(Cc3ccc(CNC(=O)CCC(=O)N4CCN(C(=O)CCSCC(NC(=O)CCC(N)C(=O)O)C(=O)NCC(=O)O)CC4)cc3)c2n1. The fourth-order valence-corrected chi connectivity index (χ4v) is 6.90. The van der Waals surface area contributed by atoms with Gasteiger partial charge in [-0.05, 0) is 17.5 Å². The number of nitrogens with zero attached hydrogens (tertiary/aromatic N) is 5. The molecule has 0 saturated carbocycles. The summed E-state index contributed by atoms with van der Waals surface area (Å²) in [7, 11) is 1.53. The minimum atomic E-state index is -1.28. The molecule has 332 valence electrons. The van der Waals surface area contributed by atoms with E-state index in [1.807, 2.05) is 24.3 Å². The fraction of sp³-hybridized carbons (Fsp3) is 0.514. The lowest BCUT2D eigenvalue weighted by atomic mass is 10.1. The molecule has 2 atom stereocenters. The smallest absolute Gasteiger partial charge is 0.328 e. The van der Waals surface area contributed by atoms with Crippen molar-refractivity contribution >= 4 is 70.2 Å². The Labute approximate surface area is 353 Å². The third-order valence-corrected chi connectivity index (χ3v) is 10.4. The number of rotatable bonds is 24. The quantitative estimate of drug-likeness (QED) is 0.0445. The van der Waals surface area contributed by atoms with Gasteiger partial charge in [-0.1, -0.05) is 24.3 Å². The number of aliphatic carboxylic acids is 2. The van der Waals surface area contributed by atoms with Gasteiger partial charge in [-0.2, -0.15) is 21.7 Å². The summed E-state index contributed by atoms with van der Waals surface area (Å²) >= 11 is 1.19. The molecular weight excluding hydrogens is 823 g/mol. The van der Waals surface area contributed by atoms with Gasteiger partial charge in [-0.25, -0.2) is 4.79 Å². The number of methoxy groups -OCH3 is 1. The van der Waals surface area contributed by atoms with Gasteiger partial charge in [-0.15, -0.1) is 0 Å². The number of nitrogen functional groups attached to an aromatic ring is 1. The Morgan fingerprint density at radius 1 is 0.885 bits per heavy atom. The van der Waals surface area contributed by atoms with Gasteiger partial charge in [0.15, 0.2) is 11.5 Å². The predicted octanol–water partition coefficient (Wildman–Crippen LogP) is -2.16. The highest BCUT2D eigenvalue weighted by Crippen LogP contribution is 2.19. The first-order valence-corrected chi connectivity index (χ1v) is 20.4. The summed E-state index contributed by atoms with van der Waals surface area (Å²) in [6, 6.07) is 4.89. The van der Waals surface area contributed by atoms with E-state index in [0.717, 1.165) is 11.1 Å². The molecule has 23 nitrogen and oxygen atoms in total. The Morgan fingerprint density at radius 2 is 1.54 bits per heavy atom. The number of imidazole rings is 1. The van der Waals surface area contributed by atoms with Gasteiger partial charge in [0, 0.05) is 77.0 Å². The van der Waals surface area contributed by atoms with E-state index >= 15 is 0 Å². The zero-order valence-corrected chi connectivity index (χ0v) is 34.4. The number of fused-ring (bicyclic) bond motifs is 1. The van der Waals surface area contributed by atoms with Gasteiger partial charge in [0.05, 0.1) is 13.2 Å². The molecule has 1 aliphatic heterocycles. The van der Waals surface area contributed by atoms with E-state index in [-0.39, 0.29) is 98.5 Å². The van der Waals surface area contributed by atoms with Crippen molar-refractivity contribution in [3.8, 4) is 6.01 Å². The summed E-state index contributed by atoms with van der Waals surface area (Å²) in [6.45, 7) is 1.45. The summed E-state index contributed by atoms with van der Waals surface area (Å²) in [4.78, 5) is 112. The van der Waals surface area contributed by atoms with Crippen molar-refractivity contribution in [2.75, 3.05) is 70.3 Å². The first-order valence-electron chi connectivity index (χ1n) is 19.3. The maximum atomic E-state index is 12.9. The first-order chi connectivity index (χ1) is 29.1. The molecule has 2 unspecified atom stereocenters. The molecular formula is C37H51N11O12S. The zero-order valence-electron chi connectivity index (χ0n) is 33.6. The standard InChI is InChI=1S/C37H51N11O12S/c1-59-15-16-60-36-44-32(39)31-33(45-36)48(37(58)43-31)20-23-4-2-22(3-5-23)18-40-26(49)8-9-28(51)46-11-13-47(14-12-46)29(52)10-17-61-21-25(34(55)41-19-30(53)54)42-27(50)7-6-24(38)35(56)57/h2-5,24-25H,6-21,38H2,1H3,(H,40,49)(H,41,55)(H,42,50)(H,43,58)(H,53,54)(H,56,57)(H2,39,44,45). The van der Waals surface area contributed by atoms with Crippen molar-refractivity contribution in [3.63, 3.8) is 0 Å². The van der Waals surface area contributed by atoms with Crippen LogP contribution in [0.15, 0.2) is 29.1 Å². The largest absolute Gasteiger partial charge is 0.480 e. The Morgan fingerprint density at radius 3 is 2.18 bits per heavy atom. The zero-order chi connectivity index (χ0) is 44.5. The number of benzene rings is 1. The van der Waals surface area contributed by atoms with E-state index in [2.05, 4.69) is 30.9 Å². The highest BCUT2D eigenvalue weighted by molar-refractivity contribution is 7.99. The molecule has 10 N–H and O–H groups in total. The molecule has 61 heavy (non-hydrogen) atoms. The number of nitrogens with two attached hydrogens (primary N) is 2. The Balaban J connectivity index is 1.14. The second kappa shape index (κ2) is 23.5. The number of hydrogen-bond acceptors (Lipinski definition) is 15. The first kappa shape index (κ1) is 47.4. The highest BCUT2D eigenvalue weighted by Gasteiger charge is 2.26. The number of carbonyl (C=O) groups excluding carboxylic acids is 5. The number of carboxylic acids is 2. The maximum Gasteiger partial charge on any atom is 0.328 e. The van der Waals surface area contributed by atoms with Crippen LogP contribution in [0.5, 0.6) is 6.01 Å². The Hall–Kier alpha value is -6.27. The van der Waals surface area contributed by atoms with Crippen molar-refractivity contribution in [1.82, 2.24) is 45.3 Å². The molecule has 0 spiro atoms. The van der Waals surface area contributed by atoms with Crippen LogP contribution in [0, 0.1) is 0 Å². The fourth-order valence-electron chi connectivity index (χ4n) is 5.94. The van der Waals surface area contributed by atoms with Crippen LogP contribution in [0.3, 0.4) is 0 Å². The number of piperazine rings is 1. The van der Waals surface area contributed by atoms with Crippen LogP contribution < -0.4 is 37.8 Å². The predicted molar refractivity (Wildman–Crippen MR) is 219 cm³/mol. The van der Waals surface area contributed by atoms with Gasteiger partial charge < -0.3 is 61.9 Å². The summed E-state index contributed by atoms with van der Waals surface area (Å²) in [6.07, 6.45) is -0.353. The number of carbonyl (C=O) groups is 7. The normalized spacial score (nSPS) is 13.6. The van der Waals surface area contributed by atoms with Crippen molar-refractivity contribution in [2.45, 2.75) is 57.3 Å². The van der Waals surface area contributed by atoms with Gasteiger partial charge in [-0.3, -0.25) is 38.1 Å². The number of H-pyrrole nitrogens is 1. The minimum Gasteiger partial charge on any atom is -0.480 e. The molecule has 1 fully saturated rings. The van der Waals surface area contributed by atoms with Crippen LogP contribution in [-0.2, 0) is 51.4 Å². The van der Waals surface area contributed by atoms with Crippen molar-refractivity contribution in [2.24, 2.45) is 5.73 Å². The lowest BCUT2D eigenvalue weighted by Gasteiger charge is -2.35. The molecule has 3 aromatic rings. The number of anilines is 1. The number of thioether (sulfide) groups is 1. The van der Waals surface area contributed by atoms with Crippen LogP contribution in [0.1, 0.15) is 43.2 Å². The van der Waals surface area contributed by atoms with Crippen molar-refractivity contribution in [1.29, 1.82) is 0 Å². The summed E-state index contributed by atoms with van der Waals surface area (Å²) in [5.41, 5.74) is 13.2. The average molecular weight is 874 g/mol. The van der Waals surface area contributed by atoms with Crippen LogP contribution in [0.25, 0.3) is 11.2 Å². The molecule has 4 rings (SSSR count). The van der Waals surface area contributed by atoms with Crippen LogP contribution >= 0.6 is 11.8 Å². The van der Waals surface area contributed by atoms with Gasteiger partial charge in [0.2, 0.25) is 29.5 Å². The molecule has 0 bridgehead atoms. The number of amides is 5. The van der Waals surface area contributed by atoms with Crippen LogP contribution in [-0.4, -0.2) is 158 Å². The van der Waals surface area contributed by atoms with Crippen LogP contribution in [0.2, 0.25) is 0 Å². The Kier molecular flexibility index (Phi) is 18.3. The van der Waals surface area contributed by atoms with E-state index in [9.17, 15) is 38.4 Å². The molecule has 0 radical (unpaired) electrons. The second-order valence-electron chi connectivity index (χ2n) is 13.8. The molecule has 1 saturated heterocycles. The van der Waals surface area contributed by atoms with Gasteiger partial charge >= 0.3 is 23.6 Å². The number of ether oxygens (including phenoxy) is 2. The van der Waals surface area contributed by atoms with Gasteiger partial charge in [0.25, 0.3) is 0 Å². The summed E-state index contributed by atoms with van der Waals surface area (Å²) in [5, 5.41) is 25.3. The van der Waals surface area contributed by atoms with Gasteiger partial charge in [0.1, 0.15) is 30.8 Å². The minimum absolute atomic E-state index is 0.00789. The molecule has 24 heteroatoms. The third-order valence-electron chi connectivity index (χ3n) is 9.36. The van der Waals surface area contributed by atoms with E-state index in [4.69, 9.17) is 31.2 Å². The molecule has 3 heterocycles. The summed E-state index contributed by atoms with van der Waals surface area (Å²) < 4.78 is 11.9. The molecule has 0 aliphatic carbocycles. The molecule has 2 aromatic heterocycles. The molecule has 5 amide bonds. The van der Waals surface area contributed by atoms with E-state index in [1.165, 1.54) is 23.4 Å². The maximum absolute atomic E-state index is 12.9. The number of carboxylic acid groups (broad SMARTS) is 2. The van der Waals surface area contributed by atoms with Crippen LogP contribution in [0.4, 0.5) is 5.82 Å². The monoisotopic (exact) mass is 873 g/mol.